The molecular formula is C19H16BrN3O4S. The van der Waals surface area contributed by atoms with Gasteiger partial charge in [0, 0.05) is 16.9 Å². The molecule has 7 nitrogen and oxygen atoms in total. The average Bonchev–Trinajstić information content (AvgIpc) is 2.67. The highest BCUT2D eigenvalue weighted by atomic mass is 79.9. The molecule has 9 heteroatoms. The van der Waals surface area contributed by atoms with Crippen molar-refractivity contribution in [3.05, 3.63) is 71.2 Å². The lowest BCUT2D eigenvalue weighted by Gasteiger charge is -2.37. The maximum atomic E-state index is 11.5. The number of hydrogen-bond acceptors (Lipinski definition) is 6. The fourth-order valence-electron chi connectivity index (χ4n) is 3.21. The Morgan fingerprint density at radius 1 is 1.04 bits per heavy atom. The third-order valence-corrected chi connectivity index (χ3v) is 5.61. The first-order valence-corrected chi connectivity index (χ1v) is 10.9. The van der Waals surface area contributed by atoms with Crippen LogP contribution in [-0.4, -0.2) is 28.7 Å². The molecule has 1 aromatic heterocycles. The molecule has 0 amide bonds. The number of hydrogen-bond donors (Lipinski definition) is 1. The summed E-state index contributed by atoms with van der Waals surface area (Å²) in [5.74, 6) is 1.31. The Bertz CT molecular complexity index is 1110. The summed E-state index contributed by atoms with van der Waals surface area (Å²) < 4.78 is 39.1. The van der Waals surface area contributed by atoms with Gasteiger partial charge in [0.25, 0.3) is 10.1 Å². The lowest BCUT2D eigenvalue weighted by atomic mass is 10.1. The van der Waals surface area contributed by atoms with Crippen molar-refractivity contribution in [2.24, 2.45) is 0 Å². The van der Waals surface area contributed by atoms with E-state index >= 15 is 0 Å². The van der Waals surface area contributed by atoms with Crippen LogP contribution in [0.4, 0.5) is 11.4 Å². The van der Waals surface area contributed by atoms with Crippen LogP contribution in [0.25, 0.3) is 0 Å². The summed E-state index contributed by atoms with van der Waals surface area (Å²) in [5.41, 5.74) is 1.52. The molecule has 0 fully saturated rings. The van der Waals surface area contributed by atoms with Gasteiger partial charge in [-0.05, 0) is 42.8 Å². The van der Waals surface area contributed by atoms with Crippen LogP contribution in [0, 0.1) is 0 Å². The molecule has 3 aromatic rings. The van der Waals surface area contributed by atoms with E-state index in [0.29, 0.717) is 17.3 Å². The Balaban J connectivity index is 1.88. The quantitative estimate of drug-likeness (QED) is 0.558. The summed E-state index contributed by atoms with van der Waals surface area (Å²) in [5, 5.41) is 0. The van der Waals surface area contributed by atoms with Gasteiger partial charge in [0.15, 0.2) is 17.3 Å². The van der Waals surface area contributed by atoms with Crippen LogP contribution in [0.1, 0.15) is 18.3 Å². The summed E-state index contributed by atoms with van der Waals surface area (Å²) in [4.78, 5) is 10.6. The highest BCUT2D eigenvalue weighted by Gasteiger charge is 2.33. The summed E-state index contributed by atoms with van der Waals surface area (Å²) in [7, 11) is -4.15. The molecule has 4 rings (SSSR count). The van der Waals surface area contributed by atoms with Crippen LogP contribution < -0.4 is 9.64 Å². The number of benzene rings is 2. The number of rotatable bonds is 5. The Morgan fingerprint density at radius 3 is 2.50 bits per heavy atom. The van der Waals surface area contributed by atoms with Crippen molar-refractivity contribution in [3.63, 3.8) is 0 Å². The van der Waals surface area contributed by atoms with Crippen LogP contribution in [-0.2, 0) is 10.1 Å². The predicted octanol–water partition coefficient (Wildman–Crippen LogP) is 4.50. The van der Waals surface area contributed by atoms with E-state index in [1.165, 1.54) is 0 Å². The minimum Gasteiger partial charge on any atom is -0.453 e. The standard InChI is InChI=1S/C19H16BrN3O4S/c20-13-6-7-18-16(12-13)23(14-4-1-2-5-17(14)27-18)15(8-11-28(24,25)26)19-21-9-3-10-22-19/h1-7,9-10,12,15H,8,11H2,(H,24,25,26). The largest absolute Gasteiger partial charge is 0.453 e. The van der Waals surface area contributed by atoms with Crippen LogP contribution in [0.3, 0.4) is 0 Å². The van der Waals surface area contributed by atoms with Crippen LogP contribution in [0.2, 0.25) is 0 Å². The van der Waals surface area contributed by atoms with Gasteiger partial charge in [0.1, 0.15) is 0 Å². The van der Waals surface area contributed by atoms with E-state index in [0.717, 1.165) is 15.8 Å². The minimum absolute atomic E-state index is 0.100. The maximum absolute atomic E-state index is 11.5. The van der Waals surface area contributed by atoms with Gasteiger partial charge in [-0.3, -0.25) is 4.55 Å². The molecular weight excluding hydrogens is 446 g/mol. The number of halogens is 1. The molecule has 1 aliphatic heterocycles. The molecule has 0 radical (unpaired) electrons. The molecule has 0 bridgehead atoms. The molecule has 1 unspecified atom stereocenters. The van der Waals surface area contributed by atoms with Crippen molar-refractivity contribution in [2.45, 2.75) is 12.5 Å². The van der Waals surface area contributed by atoms with Gasteiger partial charge in [-0.2, -0.15) is 8.42 Å². The van der Waals surface area contributed by atoms with Crippen LogP contribution in [0.5, 0.6) is 11.5 Å². The smallest absolute Gasteiger partial charge is 0.264 e. The normalized spacial score (nSPS) is 14.0. The van der Waals surface area contributed by atoms with E-state index in [1.807, 2.05) is 47.4 Å². The number of aromatic nitrogens is 2. The van der Waals surface area contributed by atoms with Crippen molar-refractivity contribution in [3.8, 4) is 11.5 Å². The second-order valence-electron chi connectivity index (χ2n) is 6.25. The first kappa shape index (κ1) is 18.9. The van der Waals surface area contributed by atoms with Crippen molar-refractivity contribution >= 4 is 37.4 Å². The van der Waals surface area contributed by atoms with Crippen molar-refractivity contribution in [1.82, 2.24) is 9.97 Å². The number of nitrogens with zero attached hydrogens (tertiary/aromatic N) is 3. The maximum Gasteiger partial charge on any atom is 0.264 e. The molecule has 0 aliphatic carbocycles. The van der Waals surface area contributed by atoms with E-state index in [9.17, 15) is 13.0 Å². The zero-order chi connectivity index (χ0) is 19.7. The number of para-hydroxylation sites is 2. The first-order valence-electron chi connectivity index (χ1n) is 8.50. The van der Waals surface area contributed by atoms with Gasteiger partial charge in [0.05, 0.1) is 23.2 Å². The monoisotopic (exact) mass is 461 g/mol. The van der Waals surface area contributed by atoms with E-state index in [-0.39, 0.29) is 6.42 Å². The van der Waals surface area contributed by atoms with Gasteiger partial charge in [-0.15, -0.1) is 0 Å². The molecule has 1 atom stereocenters. The van der Waals surface area contributed by atoms with E-state index < -0.39 is 21.9 Å². The van der Waals surface area contributed by atoms with Crippen molar-refractivity contribution in [2.75, 3.05) is 10.7 Å². The second kappa shape index (κ2) is 7.50. The van der Waals surface area contributed by atoms with Crippen molar-refractivity contribution < 1.29 is 17.7 Å². The zero-order valence-electron chi connectivity index (χ0n) is 14.6. The average molecular weight is 462 g/mol. The summed E-state index contributed by atoms with van der Waals surface area (Å²) in [6, 6.07) is 14.3. The van der Waals surface area contributed by atoms with E-state index in [4.69, 9.17) is 4.74 Å². The predicted molar refractivity (Wildman–Crippen MR) is 109 cm³/mol. The zero-order valence-corrected chi connectivity index (χ0v) is 17.0. The Morgan fingerprint density at radius 2 is 1.75 bits per heavy atom. The van der Waals surface area contributed by atoms with Crippen LogP contribution in [0.15, 0.2) is 65.4 Å². The number of ether oxygens (including phenoxy) is 1. The third-order valence-electron chi connectivity index (χ3n) is 4.37. The molecule has 0 saturated heterocycles. The fraction of sp³-hybridized carbons (Fsp3) is 0.158. The lowest BCUT2D eigenvalue weighted by molar-refractivity contribution is 0.458. The van der Waals surface area contributed by atoms with Gasteiger partial charge in [-0.25, -0.2) is 9.97 Å². The Kier molecular flexibility index (Phi) is 5.05. The molecule has 1 N–H and O–H groups in total. The Hall–Kier alpha value is -2.49. The molecule has 28 heavy (non-hydrogen) atoms. The lowest BCUT2D eigenvalue weighted by Crippen LogP contribution is -2.29. The highest BCUT2D eigenvalue weighted by molar-refractivity contribution is 9.10. The first-order chi connectivity index (χ1) is 13.4. The molecule has 2 aromatic carbocycles. The van der Waals surface area contributed by atoms with Crippen LogP contribution >= 0.6 is 15.9 Å². The molecule has 1 aliphatic rings. The fourth-order valence-corrected chi connectivity index (χ4v) is 4.08. The molecule has 0 spiro atoms. The van der Waals surface area contributed by atoms with E-state index in [1.54, 1.807) is 18.5 Å². The highest BCUT2D eigenvalue weighted by Crippen LogP contribution is 2.51. The number of anilines is 2. The minimum atomic E-state index is -4.15. The van der Waals surface area contributed by atoms with Gasteiger partial charge in [0.2, 0.25) is 0 Å². The van der Waals surface area contributed by atoms with Gasteiger partial charge < -0.3 is 9.64 Å². The summed E-state index contributed by atoms with van der Waals surface area (Å²) in [6.07, 6.45) is 3.32. The van der Waals surface area contributed by atoms with Crippen molar-refractivity contribution in [1.29, 1.82) is 0 Å². The summed E-state index contributed by atoms with van der Waals surface area (Å²) in [6.45, 7) is 0. The second-order valence-corrected chi connectivity index (χ2v) is 8.74. The van der Waals surface area contributed by atoms with E-state index in [2.05, 4.69) is 25.9 Å². The topological polar surface area (TPSA) is 92.6 Å². The Labute approximate surface area is 170 Å². The van der Waals surface area contributed by atoms with Gasteiger partial charge in [-0.1, -0.05) is 28.1 Å². The third kappa shape index (κ3) is 3.87. The number of fused-ring (bicyclic) bond motifs is 2. The SMILES string of the molecule is O=S(=O)(O)CCC(c1ncccn1)N1c2ccccc2Oc2ccc(Br)cc21. The summed E-state index contributed by atoms with van der Waals surface area (Å²) >= 11 is 3.48. The molecule has 2 heterocycles. The molecule has 0 saturated carbocycles. The van der Waals surface area contributed by atoms with Gasteiger partial charge >= 0.3 is 0 Å². The molecule has 144 valence electrons.